The first-order valence-corrected chi connectivity index (χ1v) is 5.47. The van der Waals surface area contributed by atoms with Gasteiger partial charge in [-0.3, -0.25) is 4.55 Å². The zero-order valence-electron chi connectivity index (χ0n) is 4.39. The molecule has 0 saturated carbocycles. The molecule has 0 rings (SSSR count). The summed E-state index contributed by atoms with van der Waals surface area (Å²) < 4.78 is 74.4. The van der Waals surface area contributed by atoms with Crippen LogP contribution in [0.4, 0.5) is 21.0 Å². The van der Waals surface area contributed by atoms with E-state index in [1.807, 2.05) is 0 Å². The third-order valence-corrected chi connectivity index (χ3v) is 0. The standard InChI is InChI=1S/ClHO3S.F5P.Li.H/c1-5(2,3)4;1-6(2,3,4)5;;/h(H,2,3,4);;;. The molecule has 0 bridgehead atoms. The first kappa shape index (κ1) is 18.6. The van der Waals surface area contributed by atoms with Crippen molar-refractivity contribution in [3.05, 3.63) is 0 Å². The minimum atomic E-state index is -8.55. The van der Waals surface area contributed by atoms with Crippen LogP contribution in [0.25, 0.3) is 0 Å². The minimum absolute atomic E-state index is 0. The van der Waals surface area contributed by atoms with Gasteiger partial charge in [-0.25, -0.2) is 0 Å². The van der Waals surface area contributed by atoms with Crippen LogP contribution >= 0.6 is 18.8 Å². The number of rotatable bonds is 0. The van der Waals surface area contributed by atoms with Crippen molar-refractivity contribution in [2.24, 2.45) is 0 Å². The maximum atomic E-state index is 9.84. The maximum absolute atomic E-state index is 9.84. The van der Waals surface area contributed by atoms with Crippen molar-refractivity contribution in [3.63, 3.8) is 0 Å². The summed E-state index contributed by atoms with van der Waals surface area (Å²) in [5, 5.41) is 0. The Morgan fingerprint density at radius 2 is 1.08 bits per heavy atom. The summed E-state index contributed by atoms with van der Waals surface area (Å²) in [6, 6.07) is 0. The average Bonchev–Trinajstić information content (AvgIpc) is 1.07. The fraction of sp³-hybridized carbons (Fsp3) is 0. The fourth-order valence-corrected chi connectivity index (χ4v) is 0. The normalized spacial score (nSPS) is 14.4. The summed E-state index contributed by atoms with van der Waals surface area (Å²) in [6.07, 6.45) is 0. The van der Waals surface area contributed by atoms with Crippen molar-refractivity contribution in [3.8, 4) is 0 Å². The van der Waals surface area contributed by atoms with Crippen LogP contribution in [0.2, 0.25) is 0 Å². The third-order valence-electron chi connectivity index (χ3n) is 0. The van der Waals surface area contributed by atoms with Gasteiger partial charge in [0.05, 0.1) is 0 Å². The zero-order valence-corrected chi connectivity index (χ0v) is 6.85. The molecule has 12 heavy (non-hydrogen) atoms. The third kappa shape index (κ3) is 1380. The van der Waals surface area contributed by atoms with Crippen LogP contribution in [0.5, 0.6) is 0 Å². The number of hydrogen-bond donors (Lipinski definition) is 1. The van der Waals surface area contributed by atoms with E-state index in [1.165, 1.54) is 0 Å². The quantitative estimate of drug-likeness (QED) is 0.236. The molecule has 74 valence electrons. The molecule has 0 aromatic rings. The molecule has 0 amide bonds. The van der Waals surface area contributed by atoms with Crippen LogP contribution in [0.15, 0.2) is 0 Å². The SMILES string of the molecule is FP(F)(F)(F)F.O=S(=O)(O)Cl.[LiH]. The van der Waals surface area contributed by atoms with E-state index in [-0.39, 0.29) is 18.9 Å². The predicted octanol–water partition coefficient (Wildman–Crippen LogP) is 2.34. The van der Waals surface area contributed by atoms with E-state index in [9.17, 15) is 21.0 Å². The zero-order chi connectivity index (χ0) is 9.95. The molecule has 0 saturated heterocycles. The van der Waals surface area contributed by atoms with Crippen molar-refractivity contribution >= 4 is 47.0 Å². The second kappa shape index (κ2) is 4.93. The summed E-state index contributed by atoms with van der Waals surface area (Å²) in [5.74, 6) is 0. The Balaban J connectivity index is -0.000000126. The van der Waals surface area contributed by atoms with Crippen LogP contribution in [0.1, 0.15) is 0 Å². The monoisotopic (exact) mass is 250 g/mol. The summed E-state index contributed by atoms with van der Waals surface area (Å²) in [4.78, 5) is 0. The molecule has 0 atom stereocenters. The Morgan fingerprint density at radius 1 is 1.08 bits per heavy atom. The number of hydrogen-bond acceptors (Lipinski definition) is 2. The van der Waals surface area contributed by atoms with E-state index in [4.69, 9.17) is 13.0 Å². The Hall–Kier alpha value is 0.877. The van der Waals surface area contributed by atoms with Gasteiger partial charge < -0.3 is 0 Å². The van der Waals surface area contributed by atoms with E-state index >= 15 is 0 Å². The molecule has 3 nitrogen and oxygen atoms in total. The van der Waals surface area contributed by atoms with Gasteiger partial charge in [-0.05, 0) is 0 Å². The Kier molecular flexibility index (Phi) is 7.66. The molecule has 0 aliphatic rings. The van der Waals surface area contributed by atoms with Crippen molar-refractivity contribution in [1.82, 2.24) is 0 Å². The van der Waals surface area contributed by atoms with Crippen molar-refractivity contribution in [2.75, 3.05) is 0 Å². The molecular weight excluding hydrogens is 248 g/mol. The van der Waals surface area contributed by atoms with E-state index in [0.29, 0.717) is 0 Å². The second-order valence-corrected chi connectivity index (χ2v) is 4.32. The van der Waals surface area contributed by atoms with Gasteiger partial charge in [-0.2, -0.15) is 8.42 Å². The summed E-state index contributed by atoms with van der Waals surface area (Å²) in [5.41, 5.74) is 0. The Labute approximate surface area is 81.2 Å². The van der Waals surface area contributed by atoms with E-state index < -0.39 is 17.5 Å². The van der Waals surface area contributed by atoms with Crippen LogP contribution in [0.3, 0.4) is 0 Å². The average molecular weight is 250 g/mol. The fourth-order valence-electron chi connectivity index (χ4n) is 0. The van der Waals surface area contributed by atoms with E-state index in [2.05, 4.69) is 10.7 Å². The van der Waals surface area contributed by atoms with Gasteiger partial charge in [-0.1, -0.05) is 0 Å². The molecule has 0 fully saturated rings. The summed E-state index contributed by atoms with van der Waals surface area (Å²) in [7, 11) is -8.69. The van der Waals surface area contributed by atoms with Crippen LogP contribution in [0, 0.1) is 0 Å². The molecule has 0 spiro atoms. The van der Waals surface area contributed by atoms with Gasteiger partial charge in [-0.15, -0.1) is 0 Å². The van der Waals surface area contributed by atoms with Gasteiger partial charge in [0.15, 0.2) is 0 Å². The van der Waals surface area contributed by atoms with Gasteiger partial charge in [0.1, 0.15) is 0 Å². The Morgan fingerprint density at radius 3 is 1.08 bits per heavy atom. The molecule has 0 radical (unpaired) electrons. The van der Waals surface area contributed by atoms with Crippen molar-refractivity contribution in [2.45, 2.75) is 0 Å². The van der Waals surface area contributed by atoms with Crippen molar-refractivity contribution in [1.29, 1.82) is 0 Å². The van der Waals surface area contributed by atoms with Gasteiger partial charge in [0.2, 0.25) is 0 Å². The second-order valence-electron chi connectivity index (χ2n) is 1.05. The van der Waals surface area contributed by atoms with Crippen LogP contribution in [-0.2, 0) is 9.33 Å². The first-order chi connectivity index (χ1) is 4.24. The molecule has 0 aromatic heterocycles. The van der Waals surface area contributed by atoms with Gasteiger partial charge >= 0.3 is 57.3 Å². The van der Waals surface area contributed by atoms with E-state index in [1.54, 1.807) is 0 Å². The molecule has 1 N–H and O–H groups in total. The molecular formula is H2ClF5LiO3PS. The van der Waals surface area contributed by atoms with Crippen LogP contribution < -0.4 is 0 Å². The van der Waals surface area contributed by atoms with Crippen LogP contribution in [-0.4, -0.2) is 31.8 Å². The summed E-state index contributed by atoms with van der Waals surface area (Å²) in [6.45, 7) is 0. The molecule has 0 aromatic carbocycles. The summed E-state index contributed by atoms with van der Waals surface area (Å²) >= 11 is 0. The molecule has 12 heteroatoms. The van der Waals surface area contributed by atoms with Gasteiger partial charge in [0, 0.05) is 10.7 Å². The topological polar surface area (TPSA) is 54.4 Å². The molecule has 0 aliphatic carbocycles. The molecule has 0 aliphatic heterocycles. The predicted molar refractivity (Wildman–Crippen MR) is 37.0 cm³/mol. The molecule has 0 heterocycles. The van der Waals surface area contributed by atoms with Crippen molar-refractivity contribution < 1.29 is 34.0 Å². The number of halogens is 6. The van der Waals surface area contributed by atoms with Gasteiger partial charge in [0.25, 0.3) is 0 Å². The first-order valence-electron chi connectivity index (χ1n) is 1.52. The Bertz CT molecular complexity index is 192. The van der Waals surface area contributed by atoms with E-state index in [0.717, 1.165) is 0 Å². The molecule has 0 unspecified atom stereocenters.